The molecule has 0 aromatic carbocycles. The molecule has 0 saturated carbocycles. The lowest BCUT2D eigenvalue weighted by Gasteiger charge is -2.41. The Morgan fingerprint density at radius 1 is 1.18 bits per heavy atom. The van der Waals surface area contributed by atoms with Crippen LogP contribution in [-0.4, -0.2) is 23.5 Å². The van der Waals surface area contributed by atoms with Crippen molar-refractivity contribution < 1.29 is 0 Å². The van der Waals surface area contributed by atoms with Gasteiger partial charge >= 0.3 is 0 Å². The fourth-order valence-electron chi connectivity index (χ4n) is 3.76. The molecule has 3 atom stereocenters. The Labute approximate surface area is 107 Å². The van der Waals surface area contributed by atoms with Crippen molar-refractivity contribution in [2.75, 3.05) is 6.54 Å². The van der Waals surface area contributed by atoms with Gasteiger partial charge in [0.2, 0.25) is 0 Å². The molecule has 0 N–H and O–H groups in total. The molecule has 2 saturated heterocycles. The maximum Gasteiger partial charge on any atom is 0.0124 e. The minimum absolute atomic E-state index is 0.911. The Balaban J connectivity index is 1.75. The molecule has 0 bridgehead atoms. The molecule has 1 heteroatoms. The van der Waals surface area contributed by atoms with Crippen molar-refractivity contribution >= 4 is 0 Å². The monoisotopic (exact) mass is 235 g/mol. The number of piperidine rings is 1. The lowest BCUT2D eigenvalue weighted by atomic mass is 9.85. The van der Waals surface area contributed by atoms with Gasteiger partial charge in [-0.1, -0.05) is 26.0 Å². The molecular weight excluding hydrogens is 206 g/mol. The largest absolute Gasteiger partial charge is 0.297 e. The predicted molar refractivity (Wildman–Crippen MR) is 75.2 cm³/mol. The molecule has 0 aromatic rings. The lowest BCUT2D eigenvalue weighted by molar-refractivity contribution is 0.0756. The van der Waals surface area contributed by atoms with Gasteiger partial charge in [0.1, 0.15) is 0 Å². The van der Waals surface area contributed by atoms with Crippen LogP contribution in [0.25, 0.3) is 0 Å². The number of rotatable bonds is 5. The second-order valence-corrected chi connectivity index (χ2v) is 5.97. The Morgan fingerprint density at radius 2 is 2.06 bits per heavy atom. The number of hydrogen-bond donors (Lipinski definition) is 0. The predicted octanol–water partition coefficient (Wildman–Crippen LogP) is 4.39. The van der Waals surface area contributed by atoms with Gasteiger partial charge in [-0.2, -0.15) is 0 Å². The van der Waals surface area contributed by atoms with Crippen LogP contribution in [0, 0.1) is 5.92 Å². The van der Waals surface area contributed by atoms with Gasteiger partial charge < -0.3 is 0 Å². The van der Waals surface area contributed by atoms with E-state index in [1.54, 1.807) is 0 Å². The molecule has 0 radical (unpaired) electrons. The van der Waals surface area contributed by atoms with Crippen LogP contribution >= 0.6 is 0 Å². The van der Waals surface area contributed by atoms with E-state index in [2.05, 4.69) is 30.9 Å². The Morgan fingerprint density at radius 3 is 2.88 bits per heavy atom. The zero-order valence-corrected chi connectivity index (χ0v) is 11.7. The highest BCUT2D eigenvalue weighted by atomic mass is 15.2. The number of unbranched alkanes of at least 4 members (excludes halogenated alkanes) is 1. The second-order valence-electron chi connectivity index (χ2n) is 5.97. The van der Waals surface area contributed by atoms with Crippen LogP contribution in [0.5, 0.6) is 0 Å². The van der Waals surface area contributed by atoms with Gasteiger partial charge in [0.15, 0.2) is 0 Å². The van der Waals surface area contributed by atoms with Gasteiger partial charge in [0.25, 0.3) is 0 Å². The van der Waals surface area contributed by atoms with Crippen molar-refractivity contribution in [3.8, 4) is 0 Å². The van der Waals surface area contributed by atoms with Crippen molar-refractivity contribution in [2.24, 2.45) is 5.92 Å². The average Bonchev–Trinajstić information content (AvgIpc) is 2.81. The highest BCUT2D eigenvalue weighted by Crippen LogP contribution is 2.36. The van der Waals surface area contributed by atoms with E-state index in [4.69, 9.17) is 0 Å². The molecule has 2 aliphatic heterocycles. The lowest BCUT2D eigenvalue weighted by Crippen LogP contribution is -2.46. The smallest absolute Gasteiger partial charge is 0.0124 e. The molecule has 0 aromatic heterocycles. The normalized spacial score (nSPS) is 34.4. The van der Waals surface area contributed by atoms with E-state index in [9.17, 15) is 0 Å². The van der Waals surface area contributed by atoms with Gasteiger partial charge in [0, 0.05) is 12.1 Å². The number of allylic oxidation sites excluding steroid dienone is 2. The van der Waals surface area contributed by atoms with Gasteiger partial charge in [-0.3, -0.25) is 4.90 Å². The van der Waals surface area contributed by atoms with E-state index < -0.39 is 0 Å². The van der Waals surface area contributed by atoms with Crippen LogP contribution in [0.4, 0.5) is 0 Å². The SMILES string of the molecule is CC/C=C\CCCC1CCC(C)C2CCCN12. The molecule has 2 fully saturated rings. The zero-order chi connectivity index (χ0) is 12.1. The van der Waals surface area contributed by atoms with Gasteiger partial charge in [0.05, 0.1) is 0 Å². The number of nitrogens with zero attached hydrogens (tertiary/aromatic N) is 1. The first-order chi connectivity index (χ1) is 8.33. The third-order valence-corrected chi connectivity index (χ3v) is 4.73. The van der Waals surface area contributed by atoms with E-state index in [0.29, 0.717) is 0 Å². The summed E-state index contributed by atoms with van der Waals surface area (Å²) >= 11 is 0. The zero-order valence-electron chi connectivity index (χ0n) is 11.7. The van der Waals surface area contributed by atoms with Crippen molar-refractivity contribution in [3.63, 3.8) is 0 Å². The Hall–Kier alpha value is -0.300. The van der Waals surface area contributed by atoms with Crippen LogP contribution in [0.1, 0.15) is 65.2 Å². The first-order valence-corrected chi connectivity index (χ1v) is 7.73. The minimum Gasteiger partial charge on any atom is -0.297 e. The summed E-state index contributed by atoms with van der Waals surface area (Å²) in [4.78, 5) is 2.84. The van der Waals surface area contributed by atoms with E-state index in [-0.39, 0.29) is 0 Å². The summed E-state index contributed by atoms with van der Waals surface area (Å²) in [6.07, 6.45) is 15.8. The van der Waals surface area contributed by atoms with Crippen LogP contribution < -0.4 is 0 Å². The molecule has 3 unspecified atom stereocenters. The summed E-state index contributed by atoms with van der Waals surface area (Å²) in [7, 11) is 0. The van der Waals surface area contributed by atoms with E-state index in [1.165, 1.54) is 57.9 Å². The standard InChI is InChI=1S/C16H29N/c1-3-4-5-6-7-9-15-12-11-14(2)16-10-8-13-17(15)16/h4-5,14-16H,3,6-13H2,1-2H3/b5-4-. The fraction of sp³-hybridized carbons (Fsp3) is 0.875. The molecule has 17 heavy (non-hydrogen) atoms. The van der Waals surface area contributed by atoms with Gasteiger partial charge in [-0.05, 0) is 63.8 Å². The number of fused-ring (bicyclic) bond motifs is 1. The summed E-state index contributed by atoms with van der Waals surface area (Å²) in [6, 6.07) is 1.84. The minimum atomic E-state index is 0.911. The van der Waals surface area contributed by atoms with Gasteiger partial charge in [-0.25, -0.2) is 0 Å². The van der Waals surface area contributed by atoms with E-state index >= 15 is 0 Å². The fourth-order valence-corrected chi connectivity index (χ4v) is 3.76. The van der Waals surface area contributed by atoms with Crippen LogP contribution in [-0.2, 0) is 0 Å². The molecule has 2 aliphatic rings. The van der Waals surface area contributed by atoms with Gasteiger partial charge in [-0.15, -0.1) is 0 Å². The maximum atomic E-state index is 2.84. The van der Waals surface area contributed by atoms with Crippen molar-refractivity contribution in [1.29, 1.82) is 0 Å². The summed E-state index contributed by atoms with van der Waals surface area (Å²) in [6.45, 7) is 6.06. The van der Waals surface area contributed by atoms with Crippen LogP contribution in [0.15, 0.2) is 12.2 Å². The molecule has 0 amide bonds. The molecule has 2 heterocycles. The summed E-state index contributed by atoms with van der Waals surface area (Å²) < 4.78 is 0. The molecular formula is C16H29N. The molecule has 0 spiro atoms. The third-order valence-electron chi connectivity index (χ3n) is 4.73. The third kappa shape index (κ3) is 3.34. The molecule has 0 aliphatic carbocycles. The van der Waals surface area contributed by atoms with Crippen molar-refractivity contribution in [2.45, 2.75) is 77.3 Å². The summed E-state index contributed by atoms with van der Waals surface area (Å²) in [5.74, 6) is 0.953. The summed E-state index contributed by atoms with van der Waals surface area (Å²) in [5.41, 5.74) is 0. The quantitative estimate of drug-likeness (QED) is 0.505. The Kier molecular flexibility index (Phi) is 5.09. The topological polar surface area (TPSA) is 3.24 Å². The van der Waals surface area contributed by atoms with Crippen molar-refractivity contribution in [3.05, 3.63) is 12.2 Å². The molecule has 1 nitrogen and oxygen atoms in total. The van der Waals surface area contributed by atoms with Crippen LogP contribution in [0.3, 0.4) is 0 Å². The summed E-state index contributed by atoms with van der Waals surface area (Å²) in [5, 5.41) is 0. The van der Waals surface area contributed by atoms with E-state index in [1.807, 2.05) is 0 Å². The first-order valence-electron chi connectivity index (χ1n) is 7.73. The maximum absolute atomic E-state index is 2.84. The molecule has 2 rings (SSSR count). The Bertz CT molecular complexity index is 246. The average molecular weight is 235 g/mol. The van der Waals surface area contributed by atoms with E-state index in [0.717, 1.165) is 18.0 Å². The highest BCUT2D eigenvalue weighted by molar-refractivity contribution is 4.92. The second kappa shape index (κ2) is 6.58. The number of hydrogen-bond acceptors (Lipinski definition) is 1. The molecule has 98 valence electrons. The van der Waals surface area contributed by atoms with Crippen molar-refractivity contribution in [1.82, 2.24) is 4.90 Å². The van der Waals surface area contributed by atoms with Crippen LogP contribution in [0.2, 0.25) is 0 Å². The first kappa shape index (κ1) is 13.1. The highest BCUT2D eigenvalue weighted by Gasteiger charge is 2.37.